The molecule has 0 fully saturated rings. The molecule has 4 rings (SSSR count). The predicted octanol–water partition coefficient (Wildman–Crippen LogP) is 5.51. The second-order valence-electron chi connectivity index (χ2n) is 8.58. The van der Waals surface area contributed by atoms with E-state index in [9.17, 15) is 8.42 Å². The molecule has 0 spiro atoms. The van der Waals surface area contributed by atoms with Gasteiger partial charge in [0, 0.05) is 25.8 Å². The van der Waals surface area contributed by atoms with Gasteiger partial charge < -0.3 is 4.90 Å². The summed E-state index contributed by atoms with van der Waals surface area (Å²) in [6.45, 7) is 9.21. The summed E-state index contributed by atoms with van der Waals surface area (Å²) in [5.41, 5.74) is 8.04. The number of hydrogen-bond donors (Lipinski definition) is 0. The second-order valence-corrected chi connectivity index (χ2v) is 10.5. The maximum absolute atomic E-state index is 13.3. The Hall–Kier alpha value is -2.63. The van der Waals surface area contributed by atoms with Crippen molar-refractivity contribution in [1.29, 1.82) is 0 Å². The van der Waals surface area contributed by atoms with Gasteiger partial charge in [-0.2, -0.15) is 4.31 Å². The molecule has 0 bridgehead atoms. The minimum Gasteiger partial charge on any atom is -0.368 e. The van der Waals surface area contributed by atoms with Crippen LogP contribution in [0.5, 0.6) is 0 Å². The summed E-state index contributed by atoms with van der Waals surface area (Å²) in [4.78, 5) is 2.64. The second kappa shape index (κ2) is 8.13. The van der Waals surface area contributed by atoms with Crippen LogP contribution in [0.25, 0.3) is 0 Å². The Labute approximate surface area is 186 Å². The molecular weight excluding hydrogens is 404 g/mol. The first-order chi connectivity index (χ1) is 14.7. The lowest BCUT2D eigenvalue weighted by atomic mass is 9.96. The van der Waals surface area contributed by atoms with Gasteiger partial charge in [-0.05, 0) is 73.7 Å². The zero-order valence-corrected chi connectivity index (χ0v) is 19.7. The van der Waals surface area contributed by atoms with Gasteiger partial charge >= 0.3 is 0 Å². The maximum Gasteiger partial charge on any atom is 0.243 e. The van der Waals surface area contributed by atoms with E-state index < -0.39 is 10.0 Å². The van der Waals surface area contributed by atoms with Crippen molar-refractivity contribution in [1.82, 2.24) is 4.31 Å². The number of sulfonamides is 1. The van der Waals surface area contributed by atoms with Crippen LogP contribution in [0.4, 0.5) is 5.69 Å². The van der Waals surface area contributed by atoms with Gasteiger partial charge in [-0.1, -0.05) is 48.0 Å². The van der Waals surface area contributed by atoms with E-state index in [2.05, 4.69) is 63.1 Å². The van der Waals surface area contributed by atoms with Crippen LogP contribution in [0.3, 0.4) is 0 Å². The number of rotatable bonds is 5. The molecule has 1 atom stereocenters. The summed E-state index contributed by atoms with van der Waals surface area (Å²) < 4.78 is 28.1. The highest BCUT2D eigenvalue weighted by Crippen LogP contribution is 2.38. The first kappa shape index (κ1) is 21.6. The molecule has 0 aliphatic carbocycles. The molecule has 3 aromatic rings. The number of anilines is 1. The number of hydrogen-bond acceptors (Lipinski definition) is 3. The van der Waals surface area contributed by atoms with Crippen molar-refractivity contribution in [2.24, 2.45) is 0 Å². The summed E-state index contributed by atoms with van der Waals surface area (Å²) in [5.74, 6) is 0. The fraction of sp³-hybridized carbons (Fsp3) is 0.308. The summed E-state index contributed by atoms with van der Waals surface area (Å²) in [6.07, 6.45) is 0. The van der Waals surface area contributed by atoms with Gasteiger partial charge in [0.15, 0.2) is 0 Å². The number of fused-ring (bicyclic) bond motifs is 1. The number of benzene rings is 3. The largest absolute Gasteiger partial charge is 0.368 e. The highest BCUT2D eigenvalue weighted by atomic mass is 32.2. The predicted molar refractivity (Wildman–Crippen MR) is 127 cm³/mol. The van der Waals surface area contributed by atoms with Crippen molar-refractivity contribution in [2.45, 2.75) is 51.7 Å². The molecule has 1 aliphatic heterocycles. The van der Waals surface area contributed by atoms with Crippen LogP contribution in [0.1, 0.15) is 46.3 Å². The van der Waals surface area contributed by atoms with Crippen LogP contribution in [-0.4, -0.2) is 19.8 Å². The van der Waals surface area contributed by atoms with Gasteiger partial charge in [-0.15, -0.1) is 0 Å². The fourth-order valence-electron chi connectivity index (χ4n) is 4.42. The Morgan fingerprint density at radius 1 is 0.903 bits per heavy atom. The van der Waals surface area contributed by atoms with Crippen molar-refractivity contribution < 1.29 is 8.42 Å². The summed E-state index contributed by atoms with van der Waals surface area (Å²) in [5, 5.41) is 0. The van der Waals surface area contributed by atoms with Crippen LogP contribution >= 0.6 is 0 Å². The average molecular weight is 435 g/mol. The molecule has 0 saturated heterocycles. The van der Waals surface area contributed by atoms with Crippen LogP contribution in [-0.2, 0) is 23.1 Å². The Kier molecular flexibility index (Phi) is 5.67. The van der Waals surface area contributed by atoms with Crippen molar-refractivity contribution in [3.05, 3.63) is 94.0 Å². The minimum atomic E-state index is -3.53. The standard InChI is InChI=1S/C26H30N2O2S/c1-18-11-13-23(14-12-18)31(29,30)28-16-24-19(2)15-26(20(3)25(24)17-28)27(5)21(4)22-9-7-6-8-10-22/h6-15,21H,16-17H2,1-5H3. The third-order valence-corrected chi connectivity index (χ3v) is 8.41. The summed E-state index contributed by atoms with van der Waals surface area (Å²) in [6, 6.07) is 20.0. The smallest absolute Gasteiger partial charge is 0.243 e. The van der Waals surface area contributed by atoms with Gasteiger partial charge in [-0.3, -0.25) is 0 Å². The fourth-order valence-corrected chi connectivity index (χ4v) is 5.80. The van der Waals surface area contributed by atoms with Crippen molar-refractivity contribution >= 4 is 15.7 Å². The Morgan fingerprint density at radius 3 is 2.16 bits per heavy atom. The molecule has 4 nitrogen and oxygen atoms in total. The Morgan fingerprint density at radius 2 is 1.52 bits per heavy atom. The Bertz CT molecular complexity index is 1200. The van der Waals surface area contributed by atoms with E-state index in [1.807, 2.05) is 25.1 Å². The molecule has 3 aromatic carbocycles. The SMILES string of the molecule is Cc1ccc(S(=O)(=O)N2Cc3c(C)cc(N(C)C(C)c4ccccc4)c(C)c3C2)cc1. The topological polar surface area (TPSA) is 40.6 Å². The average Bonchev–Trinajstić information content (AvgIpc) is 3.24. The molecule has 0 aromatic heterocycles. The summed E-state index contributed by atoms with van der Waals surface area (Å²) >= 11 is 0. The molecule has 1 unspecified atom stereocenters. The van der Waals surface area contributed by atoms with Crippen molar-refractivity contribution in [3.8, 4) is 0 Å². The molecule has 0 N–H and O–H groups in total. The van der Waals surface area contributed by atoms with E-state index in [1.165, 1.54) is 5.56 Å². The first-order valence-corrected chi connectivity index (χ1v) is 12.1. The molecule has 31 heavy (non-hydrogen) atoms. The van der Waals surface area contributed by atoms with E-state index in [4.69, 9.17) is 0 Å². The maximum atomic E-state index is 13.3. The lowest BCUT2D eigenvalue weighted by Gasteiger charge is -2.30. The lowest BCUT2D eigenvalue weighted by Crippen LogP contribution is -2.25. The van der Waals surface area contributed by atoms with E-state index >= 15 is 0 Å². The molecule has 5 heteroatoms. The van der Waals surface area contributed by atoms with Crippen molar-refractivity contribution in [3.63, 3.8) is 0 Å². The highest BCUT2D eigenvalue weighted by molar-refractivity contribution is 7.89. The molecule has 1 heterocycles. The number of nitrogens with zero attached hydrogens (tertiary/aromatic N) is 2. The zero-order chi connectivity index (χ0) is 22.3. The molecule has 162 valence electrons. The van der Waals surface area contributed by atoms with Gasteiger partial charge in [-0.25, -0.2) is 8.42 Å². The number of aryl methyl sites for hydroxylation is 2. The van der Waals surface area contributed by atoms with Gasteiger partial charge in [0.2, 0.25) is 10.0 Å². The van der Waals surface area contributed by atoms with Gasteiger partial charge in [0.25, 0.3) is 0 Å². The van der Waals surface area contributed by atoms with E-state index in [0.717, 1.165) is 33.5 Å². The summed E-state index contributed by atoms with van der Waals surface area (Å²) in [7, 11) is -1.42. The zero-order valence-electron chi connectivity index (χ0n) is 18.9. The molecule has 0 amide bonds. The molecule has 0 radical (unpaired) electrons. The molecule has 0 saturated carbocycles. The highest BCUT2D eigenvalue weighted by Gasteiger charge is 2.33. The lowest BCUT2D eigenvalue weighted by molar-refractivity contribution is 0.431. The minimum absolute atomic E-state index is 0.214. The monoisotopic (exact) mass is 434 g/mol. The van der Waals surface area contributed by atoms with Crippen LogP contribution in [0.15, 0.2) is 65.6 Å². The third kappa shape index (κ3) is 3.88. The van der Waals surface area contributed by atoms with Crippen LogP contribution in [0.2, 0.25) is 0 Å². The van der Waals surface area contributed by atoms with Gasteiger partial charge in [0.1, 0.15) is 0 Å². The molecule has 1 aliphatic rings. The van der Waals surface area contributed by atoms with E-state index in [1.54, 1.807) is 16.4 Å². The van der Waals surface area contributed by atoms with E-state index in [0.29, 0.717) is 18.0 Å². The third-order valence-electron chi connectivity index (χ3n) is 6.60. The van der Waals surface area contributed by atoms with Crippen LogP contribution in [0, 0.1) is 20.8 Å². The van der Waals surface area contributed by atoms with Gasteiger partial charge in [0.05, 0.1) is 10.9 Å². The Balaban J connectivity index is 1.67. The quantitative estimate of drug-likeness (QED) is 0.531. The first-order valence-electron chi connectivity index (χ1n) is 10.7. The van der Waals surface area contributed by atoms with Crippen molar-refractivity contribution in [2.75, 3.05) is 11.9 Å². The normalized spacial score (nSPS) is 15.0. The van der Waals surface area contributed by atoms with Crippen LogP contribution < -0.4 is 4.90 Å². The molecular formula is C26H30N2O2S. The van der Waals surface area contributed by atoms with E-state index in [-0.39, 0.29) is 6.04 Å².